The molecule has 0 saturated heterocycles. The minimum absolute atomic E-state index is 0.0331. The zero-order valence-corrected chi connectivity index (χ0v) is 17.4. The van der Waals surface area contributed by atoms with Crippen molar-refractivity contribution in [2.45, 2.75) is 65.2 Å². The number of ether oxygens (including phenoxy) is 2. The monoisotopic (exact) mass is 379 g/mol. The summed E-state index contributed by atoms with van der Waals surface area (Å²) in [6, 6.07) is 0. The third-order valence-corrected chi connectivity index (χ3v) is 6.75. The summed E-state index contributed by atoms with van der Waals surface area (Å²) in [6.45, 7) is 5.88. The smallest absolute Gasteiger partial charge is 0.320 e. The first-order chi connectivity index (χ1) is 12.9. The number of carbonyl (C=O) groups excluding carboxylic acids is 2. The Labute approximate surface area is 164 Å². The molecule has 1 atom stereocenters. The van der Waals surface area contributed by atoms with Crippen molar-refractivity contribution in [1.29, 1.82) is 0 Å². The van der Waals surface area contributed by atoms with Crippen LogP contribution in [0.3, 0.4) is 0 Å². The molecule has 0 aromatic carbocycles. The summed E-state index contributed by atoms with van der Waals surface area (Å²) in [7, 11) is 1.92. The van der Waals surface area contributed by atoms with Crippen LogP contribution in [0.15, 0.2) is 0 Å². The molecule has 0 heterocycles. The third-order valence-electron chi connectivity index (χ3n) is 6.75. The average Bonchev–Trinajstić information content (AvgIpc) is 2.56. The van der Waals surface area contributed by atoms with Crippen LogP contribution in [0.1, 0.15) is 65.2 Å². The molecule has 27 heavy (non-hydrogen) atoms. The Balaban J connectivity index is 1.34. The number of hydrogen-bond acceptors (Lipinski definition) is 5. The maximum Gasteiger partial charge on any atom is 0.320 e. The molecule has 154 valence electrons. The van der Waals surface area contributed by atoms with Crippen LogP contribution in [0.4, 0.5) is 0 Å². The molecule has 4 aliphatic rings. The molecule has 5 nitrogen and oxygen atoms in total. The molecule has 0 aromatic heterocycles. The van der Waals surface area contributed by atoms with Gasteiger partial charge in [-0.3, -0.25) is 14.5 Å². The second-order valence-corrected chi connectivity index (χ2v) is 9.80. The molecule has 0 aromatic rings. The van der Waals surface area contributed by atoms with Crippen molar-refractivity contribution >= 4 is 11.9 Å². The van der Waals surface area contributed by atoms with Crippen LogP contribution < -0.4 is 0 Å². The van der Waals surface area contributed by atoms with E-state index in [0.29, 0.717) is 26.2 Å². The Morgan fingerprint density at radius 3 is 2.04 bits per heavy atom. The maximum atomic E-state index is 12.5. The lowest BCUT2D eigenvalue weighted by Gasteiger charge is -2.56. The highest BCUT2D eigenvalue weighted by atomic mass is 16.5. The Morgan fingerprint density at radius 2 is 1.52 bits per heavy atom. The Hall–Kier alpha value is -1.10. The van der Waals surface area contributed by atoms with Gasteiger partial charge in [-0.2, -0.15) is 0 Å². The Kier molecular flexibility index (Phi) is 6.83. The zero-order chi connectivity index (χ0) is 19.4. The quantitative estimate of drug-likeness (QED) is 0.542. The number of esters is 2. The predicted molar refractivity (Wildman–Crippen MR) is 104 cm³/mol. The lowest BCUT2D eigenvalue weighted by molar-refractivity contribution is -0.154. The molecule has 4 bridgehead atoms. The molecule has 0 amide bonds. The zero-order valence-electron chi connectivity index (χ0n) is 17.4. The van der Waals surface area contributed by atoms with Gasteiger partial charge in [0.1, 0.15) is 0 Å². The Morgan fingerprint density at radius 1 is 1.00 bits per heavy atom. The van der Waals surface area contributed by atoms with Crippen LogP contribution in [-0.2, 0) is 19.1 Å². The highest BCUT2D eigenvalue weighted by Gasteiger charge is 2.51. The van der Waals surface area contributed by atoms with Gasteiger partial charge in [-0.15, -0.1) is 0 Å². The molecule has 4 fully saturated rings. The fourth-order valence-electron chi connectivity index (χ4n) is 6.11. The molecular weight excluding hydrogens is 342 g/mol. The van der Waals surface area contributed by atoms with E-state index in [2.05, 4.69) is 6.92 Å². The molecule has 1 unspecified atom stereocenters. The van der Waals surface area contributed by atoms with E-state index in [9.17, 15) is 9.59 Å². The summed E-state index contributed by atoms with van der Waals surface area (Å²) < 4.78 is 10.9. The van der Waals surface area contributed by atoms with Gasteiger partial charge in [-0.25, -0.2) is 0 Å². The number of hydrogen-bond donors (Lipinski definition) is 0. The number of likely N-dealkylation sites (N-methyl/N-ethyl adjacent to an activating group) is 1. The second kappa shape index (κ2) is 8.93. The van der Waals surface area contributed by atoms with Crippen molar-refractivity contribution in [2.75, 3.05) is 33.4 Å². The summed E-state index contributed by atoms with van der Waals surface area (Å²) in [4.78, 5) is 26.2. The second-order valence-electron chi connectivity index (χ2n) is 9.80. The average molecular weight is 380 g/mol. The van der Waals surface area contributed by atoms with E-state index < -0.39 is 0 Å². The number of nitrogens with zero attached hydrogens (tertiary/aromatic N) is 1. The van der Waals surface area contributed by atoms with Gasteiger partial charge < -0.3 is 9.47 Å². The molecule has 5 heteroatoms. The van der Waals surface area contributed by atoms with Crippen molar-refractivity contribution in [1.82, 2.24) is 4.90 Å². The molecule has 4 aliphatic carbocycles. The summed E-state index contributed by atoms with van der Waals surface area (Å²) in [5, 5.41) is 0. The Bertz CT molecular complexity index is 497. The first-order valence-corrected chi connectivity index (χ1v) is 10.9. The van der Waals surface area contributed by atoms with Crippen LogP contribution >= 0.6 is 0 Å². The standard InChI is InChI=1S/C22H37NO4/c1-4-5-23(3)13-21(25)27-15-16(2)14-26-20(24)12-22-9-17-6-18(10-22)8-19(7-17)11-22/h16-19H,4-15H2,1-3H3. The van der Waals surface area contributed by atoms with Crippen molar-refractivity contribution in [3.05, 3.63) is 0 Å². The summed E-state index contributed by atoms with van der Waals surface area (Å²) in [5.74, 6) is 2.33. The largest absolute Gasteiger partial charge is 0.465 e. The highest BCUT2D eigenvalue weighted by molar-refractivity contribution is 5.71. The molecule has 0 aliphatic heterocycles. The molecule has 4 rings (SSSR count). The van der Waals surface area contributed by atoms with Gasteiger partial charge >= 0.3 is 11.9 Å². The van der Waals surface area contributed by atoms with Crippen molar-refractivity contribution in [3.63, 3.8) is 0 Å². The maximum absolute atomic E-state index is 12.5. The van der Waals surface area contributed by atoms with E-state index in [0.717, 1.165) is 30.7 Å². The van der Waals surface area contributed by atoms with Crippen LogP contribution in [0.25, 0.3) is 0 Å². The normalized spacial score (nSPS) is 32.5. The number of carbonyl (C=O) groups is 2. The third kappa shape index (κ3) is 5.69. The molecular formula is C22H37NO4. The summed E-state index contributed by atoms with van der Waals surface area (Å²) in [6.07, 6.45) is 9.47. The van der Waals surface area contributed by atoms with Crippen molar-refractivity contribution in [3.8, 4) is 0 Å². The minimum Gasteiger partial charge on any atom is -0.465 e. The van der Waals surface area contributed by atoms with Gasteiger partial charge in [-0.05, 0) is 81.7 Å². The molecule has 0 radical (unpaired) electrons. The van der Waals surface area contributed by atoms with Crippen LogP contribution in [0.5, 0.6) is 0 Å². The fraction of sp³-hybridized carbons (Fsp3) is 0.909. The van der Waals surface area contributed by atoms with E-state index in [1.807, 2.05) is 18.9 Å². The van der Waals surface area contributed by atoms with E-state index in [4.69, 9.17) is 9.47 Å². The van der Waals surface area contributed by atoms with Gasteiger partial charge in [0.05, 0.1) is 26.2 Å². The molecule has 4 saturated carbocycles. The predicted octanol–water partition coefficient (Wildman–Crippen LogP) is 3.66. The van der Waals surface area contributed by atoms with E-state index in [1.165, 1.54) is 38.5 Å². The lowest BCUT2D eigenvalue weighted by Crippen LogP contribution is -2.47. The van der Waals surface area contributed by atoms with Crippen LogP contribution in [0, 0.1) is 29.1 Å². The fourth-order valence-corrected chi connectivity index (χ4v) is 6.11. The minimum atomic E-state index is -0.210. The van der Waals surface area contributed by atoms with E-state index >= 15 is 0 Å². The van der Waals surface area contributed by atoms with Crippen LogP contribution in [0.2, 0.25) is 0 Å². The lowest BCUT2D eigenvalue weighted by atomic mass is 9.49. The number of rotatable bonds is 10. The van der Waals surface area contributed by atoms with Gasteiger partial charge in [0.2, 0.25) is 0 Å². The van der Waals surface area contributed by atoms with Crippen molar-refractivity contribution in [2.24, 2.45) is 29.1 Å². The first kappa shape index (κ1) is 20.6. The van der Waals surface area contributed by atoms with E-state index in [-0.39, 0.29) is 23.3 Å². The molecule has 0 N–H and O–H groups in total. The first-order valence-electron chi connectivity index (χ1n) is 10.9. The molecule has 0 spiro atoms. The van der Waals surface area contributed by atoms with Gasteiger partial charge in [-0.1, -0.05) is 13.8 Å². The summed E-state index contributed by atoms with van der Waals surface area (Å²) in [5.41, 5.74) is 0.228. The van der Waals surface area contributed by atoms with Gasteiger partial charge in [0, 0.05) is 5.92 Å². The highest BCUT2D eigenvalue weighted by Crippen LogP contribution is 2.61. The van der Waals surface area contributed by atoms with E-state index in [1.54, 1.807) is 0 Å². The SMILES string of the molecule is CCCN(C)CC(=O)OCC(C)COC(=O)CC12CC3CC(CC(C3)C1)C2. The summed E-state index contributed by atoms with van der Waals surface area (Å²) >= 11 is 0. The topological polar surface area (TPSA) is 55.8 Å². The van der Waals surface area contributed by atoms with Crippen molar-refractivity contribution < 1.29 is 19.1 Å². The van der Waals surface area contributed by atoms with Crippen LogP contribution in [-0.4, -0.2) is 50.2 Å². The van der Waals surface area contributed by atoms with Gasteiger partial charge in [0.25, 0.3) is 0 Å². The van der Waals surface area contributed by atoms with Gasteiger partial charge in [0.15, 0.2) is 0 Å².